The molecular formula is C20H19N7O. The highest BCUT2D eigenvalue weighted by Gasteiger charge is 2.12. The second kappa shape index (κ2) is 7.36. The predicted molar refractivity (Wildman–Crippen MR) is 107 cm³/mol. The van der Waals surface area contributed by atoms with Gasteiger partial charge in [-0.05, 0) is 18.2 Å². The number of rotatable bonds is 5. The number of aromatic nitrogens is 5. The lowest BCUT2D eigenvalue weighted by atomic mass is 10.1. The molecule has 8 heteroatoms. The van der Waals surface area contributed by atoms with Gasteiger partial charge in [0.2, 0.25) is 5.91 Å². The van der Waals surface area contributed by atoms with E-state index in [2.05, 4.69) is 20.5 Å². The summed E-state index contributed by atoms with van der Waals surface area (Å²) in [6.45, 7) is 0.0802. The minimum Gasteiger partial charge on any atom is -0.398 e. The van der Waals surface area contributed by atoms with Crippen LogP contribution in [0.4, 0.5) is 11.5 Å². The van der Waals surface area contributed by atoms with Crippen molar-refractivity contribution in [3.63, 3.8) is 0 Å². The molecular weight excluding hydrogens is 354 g/mol. The quantitative estimate of drug-likeness (QED) is 0.523. The zero-order valence-corrected chi connectivity index (χ0v) is 15.3. The van der Waals surface area contributed by atoms with E-state index >= 15 is 0 Å². The molecule has 0 saturated heterocycles. The summed E-state index contributed by atoms with van der Waals surface area (Å²) < 4.78 is 3.19. The van der Waals surface area contributed by atoms with Gasteiger partial charge in [0, 0.05) is 42.3 Å². The van der Waals surface area contributed by atoms with E-state index in [0.717, 1.165) is 16.8 Å². The van der Waals surface area contributed by atoms with Gasteiger partial charge in [0.05, 0.1) is 11.9 Å². The highest BCUT2D eigenvalue weighted by Crippen LogP contribution is 2.24. The third kappa shape index (κ3) is 3.61. The zero-order valence-electron chi connectivity index (χ0n) is 15.3. The molecule has 0 aliphatic rings. The number of hydrogen-bond acceptors (Lipinski definition) is 5. The second-order valence-electron chi connectivity index (χ2n) is 6.32. The van der Waals surface area contributed by atoms with Gasteiger partial charge in [-0.3, -0.25) is 19.1 Å². The van der Waals surface area contributed by atoms with Crippen LogP contribution in [0.25, 0.3) is 22.5 Å². The molecule has 1 aromatic carbocycles. The van der Waals surface area contributed by atoms with E-state index in [-0.39, 0.29) is 12.5 Å². The molecule has 4 aromatic rings. The Bertz CT molecular complexity index is 1110. The topological polar surface area (TPSA) is 104 Å². The fourth-order valence-electron chi connectivity index (χ4n) is 2.90. The number of carbonyl (C=O) groups excluding carboxylic acids is 1. The molecule has 0 saturated carbocycles. The van der Waals surface area contributed by atoms with Crippen LogP contribution in [0.3, 0.4) is 0 Å². The Balaban J connectivity index is 1.46. The maximum atomic E-state index is 12.4. The van der Waals surface area contributed by atoms with Crippen LogP contribution in [0.2, 0.25) is 0 Å². The molecule has 1 amide bonds. The summed E-state index contributed by atoms with van der Waals surface area (Å²) in [5.41, 5.74) is 9.87. The average molecular weight is 373 g/mol. The average Bonchev–Trinajstić information content (AvgIpc) is 3.30. The van der Waals surface area contributed by atoms with Gasteiger partial charge >= 0.3 is 0 Å². The molecule has 0 aliphatic heterocycles. The normalized spacial score (nSPS) is 10.8. The minimum absolute atomic E-state index is 0.0802. The number of hydrogen-bond donors (Lipinski definition) is 2. The summed E-state index contributed by atoms with van der Waals surface area (Å²) in [6, 6.07) is 14.9. The van der Waals surface area contributed by atoms with E-state index in [0.29, 0.717) is 17.2 Å². The number of para-hydroxylation sites is 1. The molecule has 3 N–H and O–H groups in total. The number of pyridine rings is 1. The Kier molecular flexibility index (Phi) is 4.59. The fraction of sp³-hybridized carbons (Fsp3) is 0.100. The molecule has 0 fully saturated rings. The van der Waals surface area contributed by atoms with Gasteiger partial charge in [-0.1, -0.05) is 24.3 Å². The summed E-state index contributed by atoms with van der Waals surface area (Å²) in [4.78, 5) is 16.7. The van der Waals surface area contributed by atoms with Crippen molar-refractivity contribution in [3.05, 3.63) is 67.1 Å². The van der Waals surface area contributed by atoms with Crippen LogP contribution < -0.4 is 11.1 Å². The van der Waals surface area contributed by atoms with Crippen molar-refractivity contribution >= 4 is 17.4 Å². The number of nitrogens with zero attached hydrogens (tertiary/aromatic N) is 5. The van der Waals surface area contributed by atoms with Gasteiger partial charge in [0.15, 0.2) is 0 Å². The number of nitrogens with one attached hydrogen (secondary N) is 1. The van der Waals surface area contributed by atoms with Crippen molar-refractivity contribution in [2.75, 3.05) is 11.1 Å². The molecule has 0 aliphatic carbocycles. The highest BCUT2D eigenvalue weighted by atomic mass is 16.2. The van der Waals surface area contributed by atoms with E-state index in [1.165, 1.54) is 0 Å². The van der Waals surface area contributed by atoms with Crippen LogP contribution in [-0.4, -0.2) is 30.5 Å². The van der Waals surface area contributed by atoms with Crippen molar-refractivity contribution in [1.82, 2.24) is 24.5 Å². The Morgan fingerprint density at radius 2 is 1.96 bits per heavy atom. The van der Waals surface area contributed by atoms with Crippen LogP contribution in [0.5, 0.6) is 0 Å². The third-order valence-corrected chi connectivity index (χ3v) is 4.29. The first-order chi connectivity index (χ1) is 13.6. The number of benzene rings is 1. The summed E-state index contributed by atoms with van der Waals surface area (Å²) in [6.07, 6.45) is 5.20. The first kappa shape index (κ1) is 17.5. The third-order valence-electron chi connectivity index (χ3n) is 4.29. The number of carbonyl (C=O) groups is 1. The van der Waals surface area contributed by atoms with Crippen molar-refractivity contribution in [2.45, 2.75) is 6.54 Å². The van der Waals surface area contributed by atoms with Crippen LogP contribution in [0.15, 0.2) is 67.1 Å². The number of anilines is 2. The molecule has 0 spiro atoms. The van der Waals surface area contributed by atoms with Crippen molar-refractivity contribution in [1.29, 1.82) is 0 Å². The van der Waals surface area contributed by atoms with E-state index in [1.54, 1.807) is 41.1 Å². The smallest absolute Gasteiger partial charge is 0.247 e. The van der Waals surface area contributed by atoms with Gasteiger partial charge in [0.1, 0.15) is 18.1 Å². The van der Waals surface area contributed by atoms with E-state index in [4.69, 9.17) is 5.73 Å². The van der Waals surface area contributed by atoms with Crippen LogP contribution in [0, 0.1) is 0 Å². The first-order valence-corrected chi connectivity index (χ1v) is 8.73. The van der Waals surface area contributed by atoms with Crippen molar-refractivity contribution < 1.29 is 4.79 Å². The molecule has 0 bridgehead atoms. The molecule has 0 atom stereocenters. The minimum atomic E-state index is -0.203. The van der Waals surface area contributed by atoms with Crippen LogP contribution in [-0.2, 0) is 18.4 Å². The summed E-state index contributed by atoms with van der Waals surface area (Å²) >= 11 is 0. The molecule has 28 heavy (non-hydrogen) atoms. The van der Waals surface area contributed by atoms with Crippen molar-refractivity contribution in [3.8, 4) is 22.5 Å². The van der Waals surface area contributed by atoms with Gasteiger partial charge in [-0.25, -0.2) is 0 Å². The lowest BCUT2D eigenvalue weighted by Gasteiger charge is -2.05. The molecule has 0 unspecified atom stereocenters. The molecule has 3 aromatic heterocycles. The van der Waals surface area contributed by atoms with Gasteiger partial charge in [-0.15, -0.1) is 0 Å². The number of aryl methyl sites for hydroxylation is 1. The fourth-order valence-corrected chi connectivity index (χ4v) is 2.90. The molecule has 8 nitrogen and oxygen atoms in total. The highest BCUT2D eigenvalue weighted by molar-refractivity contribution is 5.90. The molecule has 0 radical (unpaired) electrons. The van der Waals surface area contributed by atoms with Gasteiger partial charge in [0.25, 0.3) is 0 Å². The maximum absolute atomic E-state index is 12.4. The lowest BCUT2D eigenvalue weighted by Crippen LogP contribution is -2.20. The molecule has 140 valence electrons. The number of nitrogens with two attached hydrogens (primary N) is 1. The summed E-state index contributed by atoms with van der Waals surface area (Å²) in [5.74, 6) is 0.386. The second-order valence-corrected chi connectivity index (χ2v) is 6.32. The molecule has 4 rings (SSSR count). The number of amides is 1. The van der Waals surface area contributed by atoms with Gasteiger partial charge in [-0.2, -0.15) is 10.2 Å². The Morgan fingerprint density at radius 3 is 2.75 bits per heavy atom. The Morgan fingerprint density at radius 1 is 1.14 bits per heavy atom. The van der Waals surface area contributed by atoms with Gasteiger partial charge < -0.3 is 11.1 Å². The number of nitrogen functional groups attached to an aromatic ring is 1. The summed E-state index contributed by atoms with van der Waals surface area (Å²) in [5, 5.41) is 11.5. The Hall–Kier alpha value is -3.94. The largest absolute Gasteiger partial charge is 0.398 e. The summed E-state index contributed by atoms with van der Waals surface area (Å²) in [7, 11) is 1.77. The van der Waals surface area contributed by atoms with Crippen LogP contribution >= 0.6 is 0 Å². The van der Waals surface area contributed by atoms with Crippen molar-refractivity contribution in [2.24, 2.45) is 7.05 Å². The first-order valence-electron chi connectivity index (χ1n) is 8.73. The Labute approximate surface area is 161 Å². The van der Waals surface area contributed by atoms with E-state index in [1.807, 2.05) is 42.5 Å². The zero-order chi connectivity index (χ0) is 19.5. The lowest BCUT2D eigenvalue weighted by molar-refractivity contribution is -0.116. The van der Waals surface area contributed by atoms with E-state index in [9.17, 15) is 4.79 Å². The molecule has 3 heterocycles. The monoisotopic (exact) mass is 373 g/mol. The SMILES string of the molecule is Cn1nc(-c2ccccn2)cc1NC(=O)Cn1cc(-c2ccccc2N)cn1. The standard InChI is InChI=1S/C20H19N7O/c1-26-19(10-18(25-26)17-8-4-5-9-22-17)24-20(28)13-27-12-14(11-23-27)15-6-2-3-7-16(15)21/h2-12H,13,21H2,1H3,(H,24,28). The maximum Gasteiger partial charge on any atom is 0.247 e. The predicted octanol–water partition coefficient (Wildman–Crippen LogP) is 2.57. The van der Waals surface area contributed by atoms with Crippen LogP contribution in [0.1, 0.15) is 0 Å². The van der Waals surface area contributed by atoms with E-state index < -0.39 is 0 Å².